The minimum atomic E-state index is -0.385. The van der Waals surface area contributed by atoms with Gasteiger partial charge in [-0.25, -0.2) is 4.90 Å². The van der Waals surface area contributed by atoms with Gasteiger partial charge in [-0.3, -0.25) is 14.4 Å². The number of amides is 3. The number of rotatable bonds is 7. The van der Waals surface area contributed by atoms with E-state index in [2.05, 4.69) is 13.0 Å². The van der Waals surface area contributed by atoms with Crippen molar-refractivity contribution in [1.82, 2.24) is 9.47 Å². The molecule has 0 aliphatic carbocycles. The first-order chi connectivity index (χ1) is 16.4. The Bertz CT molecular complexity index is 1310. The van der Waals surface area contributed by atoms with E-state index in [-0.39, 0.29) is 23.6 Å². The number of thioether (sulfide) groups is 1. The first-order valence-corrected chi connectivity index (χ1v) is 12.5. The molecule has 0 N–H and O–H groups in total. The quantitative estimate of drug-likeness (QED) is 0.379. The van der Waals surface area contributed by atoms with Crippen molar-refractivity contribution in [3.63, 3.8) is 0 Å². The largest absolute Gasteiger partial charge is 0.342 e. The van der Waals surface area contributed by atoms with Gasteiger partial charge in [0.05, 0.1) is 16.1 Å². The molecule has 6 nitrogen and oxygen atoms in total. The highest BCUT2D eigenvalue weighted by molar-refractivity contribution is 8.19. The van der Waals surface area contributed by atoms with E-state index in [0.29, 0.717) is 28.7 Å². The van der Waals surface area contributed by atoms with Crippen LogP contribution in [0.1, 0.15) is 31.9 Å². The van der Waals surface area contributed by atoms with Crippen molar-refractivity contribution in [3.8, 4) is 0 Å². The van der Waals surface area contributed by atoms with Crippen LogP contribution in [0.4, 0.5) is 10.5 Å². The molecule has 8 heteroatoms. The summed E-state index contributed by atoms with van der Waals surface area (Å²) < 4.78 is 1.96. The molecule has 0 bridgehead atoms. The number of nitrogens with zero attached hydrogens (tertiary/aromatic N) is 3. The number of halogens is 1. The Hall–Kier alpha value is -3.03. The molecule has 0 atom stereocenters. The van der Waals surface area contributed by atoms with E-state index in [1.165, 1.54) is 0 Å². The van der Waals surface area contributed by atoms with Crippen molar-refractivity contribution in [2.24, 2.45) is 0 Å². The normalized spacial score (nSPS) is 15.1. The van der Waals surface area contributed by atoms with E-state index < -0.39 is 0 Å². The van der Waals surface area contributed by atoms with Gasteiger partial charge >= 0.3 is 0 Å². The average molecular weight is 496 g/mol. The Balaban J connectivity index is 1.76. The van der Waals surface area contributed by atoms with Crippen LogP contribution in [0.2, 0.25) is 5.02 Å². The number of hydrogen-bond acceptors (Lipinski definition) is 4. The smallest absolute Gasteiger partial charge is 0.298 e. The second-order valence-electron chi connectivity index (χ2n) is 7.94. The number of aromatic nitrogens is 1. The summed E-state index contributed by atoms with van der Waals surface area (Å²) in [6, 6.07) is 12.7. The van der Waals surface area contributed by atoms with E-state index in [1.54, 1.807) is 35.2 Å². The molecule has 176 valence electrons. The maximum atomic E-state index is 13.1. The number of aryl methyl sites for hydroxylation is 1. The maximum Gasteiger partial charge on any atom is 0.298 e. The van der Waals surface area contributed by atoms with Crippen molar-refractivity contribution in [3.05, 3.63) is 69.7 Å². The third kappa shape index (κ3) is 4.50. The first kappa shape index (κ1) is 24.1. The van der Waals surface area contributed by atoms with Gasteiger partial charge < -0.3 is 9.47 Å². The van der Waals surface area contributed by atoms with E-state index in [1.807, 2.05) is 36.7 Å². The van der Waals surface area contributed by atoms with Crippen molar-refractivity contribution in [2.45, 2.75) is 33.7 Å². The fraction of sp³-hybridized carbons (Fsp3) is 0.269. The molecule has 4 rings (SSSR count). The van der Waals surface area contributed by atoms with E-state index in [4.69, 9.17) is 11.6 Å². The zero-order chi connectivity index (χ0) is 24.4. The molecule has 0 spiro atoms. The van der Waals surface area contributed by atoms with Gasteiger partial charge in [-0.15, -0.1) is 0 Å². The molecule has 0 unspecified atom stereocenters. The van der Waals surface area contributed by atoms with Crippen molar-refractivity contribution in [1.29, 1.82) is 0 Å². The van der Waals surface area contributed by atoms with Crippen LogP contribution in [-0.4, -0.2) is 39.6 Å². The molecule has 1 aliphatic rings. The molecular weight excluding hydrogens is 470 g/mol. The van der Waals surface area contributed by atoms with Crippen LogP contribution in [0.15, 0.2) is 53.6 Å². The minimum absolute atomic E-state index is 0.0423. The lowest BCUT2D eigenvalue weighted by molar-refractivity contribution is -0.131. The SMILES string of the molecule is CCc1cccc2c(/C=C3\SC(=O)N(c4cccc(Cl)c4)C3=O)cn(CC(=O)N(CC)CC)c12. The number of hydrogen-bond donors (Lipinski definition) is 0. The summed E-state index contributed by atoms with van der Waals surface area (Å²) in [6.45, 7) is 7.53. The summed E-state index contributed by atoms with van der Waals surface area (Å²) >= 11 is 6.96. The van der Waals surface area contributed by atoms with Gasteiger partial charge in [0.15, 0.2) is 0 Å². The lowest BCUT2D eigenvalue weighted by atomic mass is 10.1. The molecule has 1 aliphatic heterocycles. The Morgan fingerprint density at radius 1 is 1.09 bits per heavy atom. The van der Waals surface area contributed by atoms with Gasteiger partial charge in [0.1, 0.15) is 6.54 Å². The fourth-order valence-electron chi connectivity index (χ4n) is 4.26. The topological polar surface area (TPSA) is 62.6 Å². The molecule has 1 saturated heterocycles. The molecule has 34 heavy (non-hydrogen) atoms. The predicted octanol–water partition coefficient (Wildman–Crippen LogP) is 5.97. The van der Waals surface area contributed by atoms with Crippen LogP contribution in [-0.2, 0) is 22.6 Å². The van der Waals surface area contributed by atoms with Crippen molar-refractivity contribution in [2.75, 3.05) is 18.0 Å². The van der Waals surface area contributed by atoms with Gasteiger partial charge in [0, 0.05) is 35.3 Å². The van der Waals surface area contributed by atoms with Crippen LogP contribution in [0, 0.1) is 0 Å². The molecule has 3 amide bonds. The van der Waals surface area contributed by atoms with E-state index in [9.17, 15) is 14.4 Å². The van der Waals surface area contributed by atoms with Crippen LogP contribution >= 0.6 is 23.4 Å². The van der Waals surface area contributed by atoms with Crippen LogP contribution in [0.3, 0.4) is 0 Å². The van der Waals surface area contributed by atoms with Gasteiger partial charge in [0.25, 0.3) is 11.1 Å². The summed E-state index contributed by atoms with van der Waals surface area (Å²) in [6.07, 6.45) is 4.46. The Morgan fingerprint density at radius 2 is 1.82 bits per heavy atom. The molecule has 0 radical (unpaired) electrons. The number of likely N-dealkylation sites (N-methyl/N-ethyl adjacent to an activating group) is 1. The number of anilines is 1. The lowest BCUT2D eigenvalue weighted by Crippen LogP contribution is -2.33. The van der Waals surface area contributed by atoms with Crippen LogP contribution in [0.25, 0.3) is 17.0 Å². The summed E-state index contributed by atoms with van der Waals surface area (Å²) in [4.78, 5) is 42.0. The van der Waals surface area contributed by atoms with Crippen LogP contribution < -0.4 is 4.90 Å². The fourth-order valence-corrected chi connectivity index (χ4v) is 5.28. The number of carbonyl (C=O) groups is 3. The first-order valence-electron chi connectivity index (χ1n) is 11.3. The van der Waals surface area contributed by atoms with Gasteiger partial charge in [0.2, 0.25) is 5.91 Å². The number of para-hydroxylation sites is 1. The highest BCUT2D eigenvalue weighted by Gasteiger charge is 2.36. The second kappa shape index (κ2) is 10.1. The number of benzene rings is 2. The van der Waals surface area contributed by atoms with Gasteiger partial charge in [-0.1, -0.05) is 42.8 Å². The number of imide groups is 1. The predicted molar refractivity (Wildman–Crippen MR) is 139 cm³/mol. The number of fused-ring (bicyclic) bond motifs is 1. The highest BCUT2D eigenvalue weighted by Crippen LogP contribution is 2.38. The van der Waals surface area contributed by atoms with Crippen molar-refractivity contribution >= 4 is 63.1 Å². The van der Waals surface area contributed by atoms with Crippen LogP contribution in [0.5, 0.6) is 0 Å². The molecule has 2 aromatic carbocycles. The summed E-state index contributed by atoms with van der Waals surface area (Å²) in [5.74, 6) is -0.343. The second-order valence-corrected chi connectivity index (χ2v) is 9.37. The maximum absolute atomic E-state index is 13.1. The molecule has 1 fully saturated rings. The summed E-state index contributed by atoms with van der Waals surface area (Å²) in [5.41, 5.74) is 3.34. The summed E-state index contributed by atoms with van der Waals surface area (Å²) in [7, 11) is 0. The van der Waals surface area contributed by atoms with Crippen molar-refractivity contribution < 1.29 is 14.4 Å². The Kier molecular flexibility index (Phi) is 7.14. The monoisotopic (exact) mass is 495 g/mol. The zero-order valence-electron chi connectivity index (χ0n) is 19.4. The Labute approximate surface area is 208 Å². The third-order valence-electron chi connectivity index (χ3n) is 5.96. The molecule has 0 saturated carbocycles. The molecule has 2 heterocycles. The van der Waals surface area contributed by atoms with E-state index >= 15 is 0 Å². The zero-order valence-corrected chi connectivity index (χ0v) is 20.9. The summed E-state index contributed by atoms with van der Waals surface area (Å²) in [5, 5.41) is 1.03. The van der Waals surface area contributed by atoms with Gasteiger partial charge in [-0.2, -0.15) is 0 Å². The minimum Gasteiger partial charge on any atom is -0.342 e. The third-order valence-corrected chi connectivity index (χ3v) is 7.07. The Morgan fingerprint density at radius 3 is 2.50 bits per heavy atom. The molecular formula is C26H26ClN3O3S. The average Bonchev–Trinajstić information content (AvgIpc) is 3.30. The molecule has 3 aromatic rings. The number of carbonyl (C=O) groups excluding carboxylic acids is 3. The lowest BCUT2D eigenvalue weighted by Gasteiger charge is -2.19. The highest BCUT2D eigenvalue weighted by atomic mass is 35.5. The van der Waals surface area contributed by atoms with Gasteiger partial charge in [-0.05, 0) is 61.9 Å². The molecule has 1 aromatic heterocycles. The van der Waals surface area contributed by atoms with E-state index in [0.717, 1.165) is 45.1 Å². The standard InChI is InChI=1S/C26H26ClN3O3S/c1-4-17-9-7-12-21-18(15-29(24(17)21)16-23(31)28(5-2)6-3)13-22-25(32)30(26(33)34-22)20-11-8-10-19(27)14-20/h7-15H,4-6,16H2,1-3H3/b22-13-.